The number of rotatable bonds is 8. The van der Waals surface area contributed by atoms with Crippen molar-refractivity contribution in [3.8, 4) is 0 Å². The predicted molar refractivity (Wildman–Crippen MR) is 82.7 cm³/mol. The summed E-state index contributed by atoms with van der Waals surface area (Å²) in [6.07, 6.45) is 7.26. The maximum Gasteiger partial charge on any atom is 0.311 e. The van der Waals surface area contributed by atoms with E-state index in [4.69, 9.17) is 0 Å². The summed E-state index contributed by atoms with van der Waals surface area (Å²) >= 11 is 0. The van der Waals surface area contributed by atoms with Crippen LogP contribution in [0.5, 0.6) is 0 Å². The number of amides is 2. The highest BCUT2D eigenvalue weighted by Gasteiger charge is 2.19. The first-order chi connectivity index (χ1) is 10.2. The van der Waals surface area contributed by atoms with Gasteiger partial charge in [0.25, 0.3) is 0 Å². The third-order valence-corrected chi connectivity index (χ3v) is 3.35. The Hall–Kier alpha value is -1.91. The van der Waals surface area contributed by atoms with Crippen molar-refractivity contribution in [1.29, 1.82) is 0 Å². The van der Waals surface area contributed by atoms with Crippen LogP contribution in [0.25, 0.3) is 0 Å². The molecule has 21 heavy (non-hydrogen) atoms. The van der Waals surface area contributed by atoms with Gasteiger partial charge in [-0.3, -0.25) is 14.6 Å². The van der Waals surface area contributed by atoms with Gasteiger partial charge in [0, 0.05) is 32.0 Å². The number of nitrogens with zero attached hydrogens (tertiary/aromatic N) is 2. The lowest BCUT2D eigenvalue weighted by Crippen LogP contribution is -2.44. The Morgan fingerprint density at radius 3 is 2.52 bits per heavy atom. The Balaban J connectivity index is 2.39. The molecule has 0 aliphatic carbocycles. The summed E-state index contributed by atoms with van der Waals surface area (Å²) in [4.78, 5) is 29.4. The van der Waals surface area contributed by atoms with Gasteiger partial charge in [0.2, 0.25) is 0 Å². The SMILES string of the molecule is CCCCCNC(=O)C(=O)N(CC)CCc1ccncc1. The molecule has 0 aromatic carbocycles. The van der Waals surface area contributed by atoms with Crippen molar-refractivity contribution in [2.45, 2.75) is 39.5 Å². The van der Waals surface area contributed by atoms with Crippen LogP contribution < -0.4 is 5.32 Å². The second kappa shape index (κ2) is 9.91. The second-order valence-corrected chi connectivity index (χ2v) is 4.95. The van der Waals surface area contributed by atoms with Crippen LogP contribution in [0.2, 0.25) is 0 Å². The summed E-state index contributed by atoms with van der Waals surface area (Å²) in [6.45, 7) is 5.63. The summed E-state index contributed by atoms with van der Waals surface area (Å²) in [6, 6.07) is 3.84. The number of pyridine rings is 1. The van der Waals surface area contributed by atoms with Gasteiger partial charge in [-0.25, -0.2) is 0 Å². The lowest BCUT2D eigenvalue weighted by molar-refractivity contribution is -0.145. The Morgan fingerprint density at radius 1 is 1.19 bits per heavy atom. The zero-order valence-corrected chi connectivity index (χ0v) is 13.0. The quantitative estimate of drug-likeness (QED) is 0.586. The minimum Gasteiger partial charge on any atom is -0.348 e. The molecule has 5 heteroatoms. The van der Waals surface area contributed by atoms with Crippen LogP contribution in [0.15, 0.2) is 24.5 Å². The summed E-state index contributed by atoms with van der Waals surface area (Å²) < 4.78 is 0. The fourth-order valence-electron chi connectivity index (χ4n) is 2.01. The fraction of sp³-hybridized carbons (Fsp3) is 0.562. The Kier molecular flexibility index (Phi) is 8.09. The van der Waals surface area contributed by atoms with Gasteiger partial charge in [-0.05, 0) is 37.5 Å². The fourth-order valence-corrected chi connectivity index (χ4v) is 2.01. The van der Waals surface area contributed by atoms with E-state index in [1.807, 2.05) is 19.1 Å². The van der Waals surface area contributed by atoms with Gasteiger partial charge in [-0.1, -0.05) is 19.8 Å². The average molecular weight is 291 g/mol. The van der Waals surface area contributed by atoms with Crippen LogP contribution in [0.3, 0.4) is 0 Å². The van der Waals surface area contributed by atoms with E-state index >= 15 is 0 Å². The number of hydrogen-bond acceptors (Lipinski definition) is 3. The summed E-state index contributed by atoms with van der Waals surface area (Å²) in [5.41, 5.74) is 1.11. The zero-order chi connectivity index (χ0) is 15.5. The molecule has 1 rings (SSSR count). The highest BCUT2D eigenvalue weighted by Crippen LogP contribution is 2.01. The number of hydrogen-bond donors (Lipinski definition) is 1. The standard InChI is InChI=1S/C16H25N3O2/c1-3-5-6-10-18-15(20)16(21)19(4-2)13-9-14-7-11-17-12-8-14/h7-8,11-12H,3-6,9-10,13H2,1-2H3,(H,18,20). The molecule has 0 bridgehead atoms. The lowest BCUT2D eigenvalue weighted by Gasteiger charge is -2.20. The van der Waals surface area contributed by atoms with Gasteiger partial charge in [-0.15, -0.1) is 0 Å². The van der Waals surface area contributed by atoms with Crippen LogP contribution in [0, 0.1) is 0 Å². The summed E-state index contributed by atoms with van der Waals surface area (Å²) in [5, 5.41) is 2.69. The number of carbonyl (C=O) groups excluding carboxylic acids is 2. The van der Waals surface area contributed by atoms with E-state index in [-0.39, 0.29) is 0 Å². The van der Waals surface area contributed by atoms with E-state index < -0.39 is 11.8 Å². The van der Waals surface area contributed by atoms with E-state index in [9.17, 15) is 9.59 Å². The van der Waals surface area contributed by atoms with Gasteiger partial charge in [-0.2, -0.15) is 0 Å². The summed E-state index contributed by atoms with van der Waals surface area (Å²) in [7, 11) is 0. The van der Waals surface area contributed by atoms with Crippen molar-refractivity contribution in [1.82, 2.24) is 15.2 Å². The number of likely N-dealkylation sites (N-methyl/N-ethyl adjacent to an activating group) is 1. The molecule has 0 saturated heterocycles. The molecule has 0 saturated carbocycles. The molecule has 1 N–H and O–H groups in total. The molecule has 1 aromatic heterocycles. The van der Waals surface area contributed by atoms with E-state index in [1.54, 1.807) is 17.3 Å². The largest absolute Gasteiger partial charge is 0.348 e. The molecule has 116 valence electrons. The van der Waals surface area contributed by atoms with E-state index in [2.05, 4.69) is 17.2 Å². The molecule has 1 aromatic rings. The second-order valence-electron chi connectivity index (χ2n) is 4.95. The highest BCUT2D eigenvalue weighted by molar-refractivity contribution is 6.34. The molecule has 2 amide bonds. The number of aromatic nitrogens is 1. The molecule has 0 spiro atoms. The predicted octanol–water partition coefficient (Wildman–Crippen LogP) is 1.78. The number of nitrogens with one attached hydrogen (secondary N) is 1. The molecule has 0 aliphatic heterocycles. The lowest BCUT2D eigenvalue weighted by atomic mass is 10.2. The molecule has 0 aliphatic rings. The Labute approximate surface area is 126 Å². The summed E-state index contributed by atoms with van der Waals surface area (Å²) in [5.74, 6) is -0.939. The van der Waals surface area contributed by atoms with Crippen molar-refractivity contribution in [2.24, 2.45) is 0 Å². The van der Waals surface area contributed by atoms with Crippen LogP contribution in [0.4, 0.5) is 0 Å². The topological polar surface area (TPSA) is 62.3 Å². The first-order valence-corrected chi connectivity index (χ1v) is 7.65. The van der Waals surface area contributed by atoms with Crippen molar-refractivity contribution in [2.75, 3.05) is 19.6 Å². The van der Waals surface area contributed by atoms with E-state index in [0.29, 0.717) is 19.6 Å². The van der Waals surface area contributed by atoms with Crippen molar-refractivity contribution < 1.29 is 9.59 Å². The minimum absolute atomic E-state index is 0.442. The first-order valence-electron chi connectivity index (χ1n) is 7.65. The van der Waals surface area contributed by atoms with Crippen LogP contribution in [-0.2, 0) is 16.0 Å². The number of unbranched alkanes of at least 4 members (excludes halogenated alkanes) is 2. The third-order valence-electron chi connectivity index (χ3n) is 3.35. The maximum atomic E-state index is 12.1. The van der Waals surface area contributed by atoms with Gasteiger partial charge in [0.1, 0.15) is 0 Å². The molecular weight excluding hydrogens is 266 g/mol. The van der Waals surface area contributed by atoms with Crippen molar-refractivity contribution in [3.05, 3.63) is 30.1 Å². The molecule has 0 radical (unpaired) electrons. The Morgan fingerprint density at radius 2 is 1.90 bits per heavy atom. The molecule has 0 unspecified atom stereocenters. The van der Waals surface area contributed by atoms with Crippen molar-refractivity contribution >= 4 is 11.8 Å². The average Bonchev–Trinajstić information content (AvgIpc) is 2.52. The highest BCUT2D eigenvalue weighted by atomic mass is 16.2. The zero-order valence-electron chi connectivity index (χ0n) is 13.0. The van der Waals surface area contributed by atoms with Gasteiger partial charge < -0.3 is 10.2 Å². The van der Waals surface area contributed by atoms with Gasteiger partial charge in [0.15, 0.2) is 0 Å². The smallest absolute Gasteiger partial charge is 0.311 e. The minimum atomic E-state index is -0.498. The van der Waals surface area contributed by atoms with Crippen molar-refractivity contribution in [3.63, 3.8) is 0 Å². The Bertz CT molecular complexity index is 434. The van der Waals surface area contributed by atoms with Gasteiger partial charge >= 0.3 is 11.8 Å². The molecule has 0 fully saturated rings. The molecule has 1 heterocycles. The van der Waals surface area contributed by atoms with Gasteiger partial charge in [0.05, 0.1) is 0 Å². The third kappa shape index (κ3) is 6.38. The molecule has 0 atom stereocenters. The molecule has 5 nitrogen and oxygen atoms in total. The molecular formula is C16H25N3O2. The van der Waals surface area contributed by atoms with Crippen LogP contribution in [-0.4, -0.2) is 41.3 Å². The maximum absolute atomic E-state index is 12.1. The normalized spacial score (nSPS) is 10.2. The monoisotopic (exact) mass is 291 g/mol. The van der Waals surface area contributed by atoms with Crippen LogP contribution >= 0.6 is 0 Å². The first kappa shape index (κ1) is 17.1. The van der Waals surface area contributed by atoms with Crippen LogP contribution in [0.1, 0.15) is 38.7 Å². The number of carbonyl (C=O) groups is 2. The van der Waals surface area contributed by atoms with E-state index in [0.717, 1.165) is 31.2 Å². The van der Waals surface area contributed by atoms with E-state index in [1.165, 1.54) is 0 Å².